The fraction of sp³-hybridized carbons (Fsp3) is 0.688. The summed E-state index contributed by atoms with van der Waals surface area (Å²) in [5, 5.41) is 4.30. The van der Waals surface area contributed by atoms with E-state index in [2.05, 4.69) is 47.2 Å². The molecule has 0 amide bonds. The zero-order valence-corrected chi connectivity index (χ0v) is 13.9. The van der Waals surface area contributed by atoms with Crippen LogP contribution in [0.4, 0.5) is 5.82 Å². The van der Waals surface area contributed by atoms with Crippen molar-refractivity contribution < 1.29 is 0 Å². The van der Waals surface area contributed by atoms with Gasteiger partial charge in [-0.25, -0.2) is 4.98 Å². The Morgan fingerprint density at radius 3 is 2.76 bits per heavy atom. The van der Waals surface area contributed by atoms with Crippen LogP contribution in [0.15, 0.2) is 12.3 Å². The predicted octanol–water partition coefficient (Wildman–Crippen LogP) is 2.37. The minimum Gasteiger partial charge on any atom is -0.355 e. The van der Waals surface area contributed by atoms with Crippen molar-refractivity contribution in [2.24, 2.45) is 5.92 Å². The number of anilines is 1. The first-order valence-corrected chi connectivity index (χ1v) is 8.21. The summed E-state index contributed by atoms with van der Waals surface area (Å²) < 4.78 is 0. The molecule has 1 aromatic heterocycles. The summed E-state index contributed by atoms with van der Waals surface area (Å²) in [4.78, 5) is 9.24. The van der Waals surface area contributed by atoms with E-state index in [0.717, 1.165) is 36.0 Å². The Morgan fingerprint density at radius 1 is 1.38 bits per heavy atom. The number of likely N-dealkylation sites (N-methyl/N-ethyl adjacent to an activating group) is 1. The van der Waals surface area contributed by atoms with Crippen LogP contribution in [-0.2, 0) is 6.54 Å². The summed E-state index contributed by atoms with van der Waals surface area (Å²) in [6, 6.07) is 3.45. The highest BCUT2D eigenvalue weighted by Gasteiger charge is 2.31. The molecule has 1 saturated carbocycles. The molecular weight excluding hydrogens is 284 g/mol. The third-order valence-corrected chi connectivity index (χ3v) is 4.98. The molecule has 1 aliphatic carbocycles. The number of halogens is 1. The number of hydrogen-bond donors (Lipinski definition) is 1. The van der Waals surface area contributed by atoms with Gasteiger partial charge in [0.25, 0.3) is 0 Å². The van der Waals surface area contributed by atoms with Crippen LogP contribution in [0, 0.1) is 5.92 Å². The molecule has 1 aromatic rings. The lowest BCUT2D eigenvalue weighted by atomic mass is 10.1. The number of hydrogen-bond acceptors (Lipinski definition) is 4. The monoisotopic (exact) mass is 308 g/mol. The zero-order valence-electron chi connectivity index (χ0n) is 13.1. The molecule has 5 heteroatoms. The van der Waals surface area contributed by atoms with Crippen LogP contribution in [0.5, 0.6) is 0 Å². The Bertz CT molecular complexity index is 501. The molecular formula is C16H25ClN4. The van der Waals surface area contributed by atoms with Crippen molar-refractivity contribution in [3.05, 3.63) is 22.8 Å². The van der Waals surface area contributed by atoms with Crippen molar-refractivity contribution >= 4 is 17.4 Å². The van der Waals surface area contributed by atoms with E-state index >= 15 is 0 Å². The summed E-state index contributed by atoms with van der Waals surface area (Å²) in [6.07, 6.45) is 4.39. The molecule has 1 aliphatic heterocycles. The lowest BCUT2D eigenvalue weighted by molar-refractivity contribution is 0.266. The topological polar surface area (TPSA) is 31.4 Å². The molecule has 21 heavy (non-hydrogen) atoms. The molecule has 0 bridgehead atoms. The summed E-state index contributed by atoms with van der Waals surface area (Å²) >= 11 is 6.29. The van der Waals surface area contributed by atoms with Crippen LogP contribution >= 0.6 is 11.6 Å². The van der Waals surface area contributed by atoms with Crippen LogP contribution in [-0.4, -0.2) is 49.2 Å². The standard InChI is InChI=1S/C16H25ClN4/c1-11-9-21(10-15(11)20(2)3)16-6-12(14(17)8-19-16)7-18-13-4-5-13/h6,8,11,13,15,18H,4-5,7,9-10H2,1-3H3. The van der Waals surface area contributed by atoms with Gasteiger partial charge in [0.1, 0.15) is 5.82 Å². The smallest absolute Gasteiger partial charge is 0.128 e. The predicted molar refractivity (Wildman–Crippen MR) is 88.0 cm³/mol. The summed E-state index contributed by atoms with van der Waals surface area (Å²) in [5.74, 6) is 1.72. The molecule has 2 atom stereocenters. The van der Waals surface area contributed by atoms with Crippen molar-refractivity contribution in [3.63, 3.8) is 0 Å². The van der Waals surface area contributed by atoms with Crippen molar-refractivity contribution in [2.75, 3.05) is 32.1 Å². The first-order chi connectivity index (χ1) is 10.0. The van der Waals surface area contributed by atoms with Gasteiger partial charge in [-0.15, -0.1) is 0 Å². The van der Waals surface area contributed by atoms with E-state index in [-0.39, 0.29) is 0 Å². The maximum absolute atomic E-state index is 6.29. The summed E-state index contributed by atoms with van der Waals surface area (Å²) in [7, 11) is 4.32. The Labute approximate surface area is 132 Å². The Kier molecular flexibility index (Phi) is 4.38. The van der Waals surface area contributed by atoms with Crippen LogP contribution in [0.3, 0.4) is 0 Å². The fourth-order valence-corrected chi connectivity index (χ4v) is 3.30. The number of nitrogens with zero attached hydrogens (tertiary/aromatic N) is 3. The highest BCUT2D eigenvalue weighted by Crippen LogP contribution is 2.28. The highest BCUT2D eigenvalue weighted by molar-refractivity contribution is 6.31. The second-order valence-electron chi connectivity index (χ2n) is 6.70. The average Bonchev–Trinajstić information content (AvgIpc) is 3.19. The lowest BCUT2D eigenvalue weighted by Gasteiger charge is -2.23. The van der Waals surface area contributed by atoms with Crippen molar-refractivity contribution in [3.8, 4) is 0 Å². The second-order valence-corrected chi connectivity index (χ2v) is 7.11. The van der Waals surface area contributed by atoms with Crippen molar-refractivity contribution in [1.29, 1.82) is 0 Å². The van der Waals surface area contributed by atoms with Crippen LogP contribution in [0.25, 0.3) is 0 Å². The van der Waals surface area contributed by atoms with Gasteiger partial charge in [0, 0.05) is 37.9 Å². The van der Waals surface area contributed by atoms with Gasteiger partial charge < -0.3 is 15.1 Å². The van der Waals surface area contributed by atoms with E-state index in [1.807, 2.05) is 0 Å². The van der Waals surface area contributed by atoms with Crippen molar-refractivity contribution in [2.45, 2.75) is 38.4 Å². The highest BCUT2D eigenvalue weighted by atomic mass is 35.5. The molecule has 2 fully saturated rings. The number of pyridine rings is 1. The molecule has 2 aliphatic rings. The van der Waals surface area contributed by atoms with Gasteiger partial charge in [0.05, 0.1) is 5.02 Å². The largest absolute Gasteiger partial charge is 0.355 e. The van der Waals surface area contributed by atoms with Crippen LogP contribution < -0.4 is 10.2 Å². The van der Waals surface area contributed by atoms with Gasteiger partial charge in [0.2, 0.25) is 0 Å². The van der Waals surface area contributed by atoms with Crippen LogP contribution in [0.1, 0.15) is 25.3 Å². The molecule has 2 heterocycles. The molecule has 3 rings (SSSR count). The van der Waals surface area contributed by atoms with E-state index in [4.69, 9.17) is 11.6 Å². The maximum Gasteiger partial charge on any atom is 0.128 e. The molecule has 0 spiro atoms. The molecule has 0 aromatic carbocycles. The number of aromatic nitrogens is 1. The first-order valence-electron chi connectivity index (χ1n) is 7.83. The van der Waals surface area contributed by atoms with E-state index < -0.39 is 0 Å². The van der Waals surface area contributed by atoms with Gasteiger partial charge in [-0.1, -0.05) is 18.5 Å². The van der Waals surface area contributed by atoms with Gasteiger partial charge in [-0.05, 0) is 44.5 Å². The first kappa shape index (κ1) is 15.1. The van der Waals surface area contributed by atoms with E-state index in [1.54, 1.807) is 6.20 Å². The maximum atomic E-state index is 6.29. The summed E-state index contributed by atoms with van der Waals surface area (Å²) in [6.45, 7) is 5.26. The minimum atomic E-state index is 0.593. The van der Waals surface area contributed by atoms with Gasteiger partial charge in [-0.2, -0.15) is 0 Å². The second kappa shape index (κ2) is 6.11. The third-order valence-electron chi connectivity index (χ3n) is 4.64. The van der Waals surface area contributed by atoms with Crippen LogP contribution in [0.2, 0.25) is 5.02 Å². The van der Waals surface area contributed by atoms with Gasteiger partial charge >= 0.3 is 0 Å². The number of rotatable bonds is 5. The number of nitrogens with one attached hydrogen (secondary N) is 1. The summed E-state index contributed by atoms with van der Waals surface area (Å²) in [5.41, 5.74) is 1.16. The Morgan fingerprint density at radius 2 is 2.14 bits per heavy atom. The Hall–Kier alpha value is -0.840. The van der Waals surface area contributed by atoms with Gasteiger partial charge in [-0.3, -0.25) is 0 Å². The SMILES string of the molecule is CC1CN(c2cc(CNC3CC3)c(Cl)cn2)CC1N(C)C. The zero-order chi connectivity index (χ0) is 15.0. The molecule has 1 saturated heterocycles. The minimum absolute atomic E-state index is 0.593. The van der Waals surface area contributed by atoms with E-state index in [0.29, 0.717) is 18.0 Å². The molecule has 0 radical (unpaired) electrons. The quantitative estimate of drug-likeness (QED) is 0.905. The molecule has 1 N–H and O–H groups in total. The normalized spacial score (nSPS) is 25.9. The average molecular weight is 309 g/mol. The molecule has 116 valence electrons. The molecule has 2 unspecified atom stereocenters. The lowest BCUT2D eigenvalue weighted by Crippen LogP contribution is -2.34. The third kappa shape index (κ3) is 3.50. The Balaban J connectivity index is 1.71. The molecule has 4 nitrogen and oxygen atoms in total. The fourth-order valence-electron chi connectivity index (χ4n) is 3.13. The van der Waals surface area contributed by atoms with Gasteiger partial charge in [0.15, 0.2) is 0 Å². The van der Waals surface area contributed by atoms with Crippen molar-refractivity contribution in [1.82, 2.24) is 15.2 Å². The van der Waals surface area contributed by atoms with E-state index in [1.165, 1.54) is 12.8 Å². The van der Waals surface area contributed by atoms with E-state index in [9.17, 15) is 0 Å².